The van der Waals surface area contributed by atoms with Crippen molar-refractivity contribution in [1.29, 1.82) is 0 Å². The van der Waals surface area contributed by atoms with Crippen LogP contribution in [0.15, 0.2) is 21.5 Å². The lowest BCUT2D eigenvalue weighted by atomic mass is 10.2. The summed E-state index contributed by atoms with van der Waals surface area (Å²) in [6, 6.07) is 3.04. The molecule has 0 amide bonds. The van der Waals surface area contributed by atoms with Gasteiger partial charge < -0.3 is 10.5 Å². The van der Waals surface area contributed by atoms with Gasteiger partial charge in [-0.05, 0) is 47.0 Å². The lowest BCUT2D eigenvalue weighted by Crippen LogP contribution is -2.37. The summed E-state index contributed by atoms with van der Waals surface area (Å²) in [7, 11) is -2.58. The van der Waals surface area contributed by atoms with Crippen molar-refractivity contribution in [3.8, 4) is 0 Å². The predicted octanol–water partition coefficient (Wildman–Crippen LogP) is 1.91. The Labute approximate surface area is 133 Å². The Balaban J connectivity index is 3.28. The minimum atomic E-state index is -3.81. The van der Waals surface area contributed by atoms with Gasteiger partial charge in [-0.1, -0.05) is 6.92 Å². The van der Waals surface area contributed by atoms with Gasteiger partial charge in [0.25, 0.3) is 0 Å². The van der Waals surface area contributed by atoms with Crippen LogP contribution in [0.4, 0.5) is 5.69 Å². The molecule has 0 aromatic heterocycles. The number of anilines is 1. The van der Waals surface area contributed by atoms with Gasteiger partial charge in [0, 0.05) is 16.7 Å². The van der Waals surface area contributed by atoms with Crippen LogP contribution in [-0.4, -0.2) is 38.9 Å². The van der Waals surface area contributed by atoms with Crippen LogP contribution in [0.3, 0.4) is 0 Å². The SMILES string of the molecule is CCCN(CC(=O)OC)S(=O)(=O)c1cc(N)c(Br)cc1C. The fraction of sp³-hybridized carbons (Fsp3) is 0.462. The molecule has 0 atom stereocenters. The first-order valence-corrected chi connectivity index (χ1v) is 8.60. The highest BCUT2D eigenvalue weighted by atomic mass is 79.9. The van der Waals surface area contributed by atoms with Crippen LogP contribution < -0.4 is 5.73 Å². The predicted molar refractivity (Wildman–Crippen MR) is 84.4 cm³/mol. The molecule has 1 aromatic carbocycles. The number of carbonyl (C=O) groups is 1. The molecular weight excluding hydrogens is 360 g/mol. The van der Waals surface area contributed by atoms with Crippen molar-refractivity contribution in [2.45, 2.75) is 25.2 Å². The highest BCUT2D eigenvalue weighted by Gasteiger charge is 2.28. The van der Waals surface area contributed by atoms with Gasteiger partial charge >= 0.3 is 5.97 Å². The average Bonchev–Trinajstić information content (AvgIpc) is 2.41. The topological polar surface area (TPSA) is 89.7 Å². The quantitative estimate of drug-likeness (QED) is 0.603. The first kappa shape index (κ1) is 17.9. The van der Waals surface area contributed by atoms with Crippen molar-refractivity contribution in [1.82, 2.24) is 4.31 Å². The largest absolute Gasteiger partial charge is 0.468 e. The third-order valence-electron chi connectivity index (χ3n) is 2.92. The van der Waals surface area contributed by atoms with E-state index in [-0.39, 0.29) is 18.0 Å². The number of methoxy groups -OCH3 is 1. The van der Waals surface area contributed by atoms with Crippen molar-refractivity contribution >= 4 is 37.6 Å². The molecular formula is C13H19BrN2O4S. The minimum Gasteiger partial charge on any atom is -0.468 e. The number of aryl methyl sites for hydroxylation is 1. The van der Waals surface area contributed by atoms with Crippen LogP contribution >= 0.6 is 15.9 Å². The number of hydrogen-bond acceptors (Lipinski definition) is 5. The molecule has 21 heavy (non-hydrogen) atoms. The number of nitrogens with zero attached hydrogens (tertiary/aromatic N) is 1. The maximum absolute atomic E-state index is 12.7. The Kier molecular flexibility index (Phi) is 6.18. The normalized spacial score (nSPS) is 11.7. The van der Waals surface area contributed by atoms with Crippen molar-refractivity contribution in [3.05, 3.63) is 22.2 Å². The third kappa shape index (κ3) is 4.18. The molecule has 6 nitrogen and oxygen atoms in total. The van der Waals surface area contributed by atoms with E-state index < -0.39 is 16.0 Å². The zero-order valence-corrected chi connectivity index (χ0v) is 14.6. The molecule has 1 rings (SSSR count). The van der Waals surface area contributed by atoms with Gasteiger partial charge in [0.1, 0.15) is 6.54 Å². The summed E-state index contributed by atoms with van der Waals surface area (Å²) in [4.78, 5) is 11.5. The van der Waals surface area contributed by atoms with E-state index in [1.54, 1.807) is 13.0 Å². The van der Waals surface area contributed by atoms with Crippen LogP contribution in [0.25, 0.3) is 0 Å². The van der Waals surface area contributed by atoms with Gasteiger partial charge in [-0.3, -0.25) is 4.79 Å². The van der Waals surface area contributed by atoms with Crippen LogP contribution in [0.2, 0.25) is 0 Å². The van der Waals surface area contributed by atoms with Crippen LogP contribution in [0.5, 0.6) is 0 Å². The molecule has 0 fully saturated rings. The fourth-order valence-electron chi connectivity index (χ4n) is 1.83. The standard InChI is InChI=1S/C13H19BrN2O4S/c1-4-5-16(8-13(17)20-3)21(18,19)12-7-11(15)10(14)6-9(12)2/h6-7H,4-5,8,15H2,1-3H3. The monoisotopic (exact) mass is 378 g/mol. The number of benzene rings is 1. The molecule has 0 heterocycles. The molecule has 0 aliphatic carbocycles. The zero-order chi connectivity index (χ0) is 16.2. The number of nitrogens with two attached hydrogens (primary N) is 1. The molecule has 0 saturated carbocycles. The van der Waals surface area contributed by atoms with Crippen LogP contribution in [-0.2, 0) is 19.6 Å². The van der Waals surface area contributed by atoms with Crippen LogP contribution in [0, 0.1) is 6.92 Å². The first-order valence-electron chi connectivity index (χ1n) is 6.36. The molecule has 0 unspecified atom stereocenters. The number of halogens is 1. The molecule has 0 radical (unpaired) electrons. The Morgan fingerprint density at radius 2 is 2.05 bits per heavy atom. The smallest absolute Gasteiger partial charge is 0.321 e. The third-order valence-corrected chi connectivity index (χ3v) is 5.59. The van der Waals surface area contributed by atoms with Crippen molar-refractivity contribution in [2.24, 2.45) is 0 Å². The van der Waals surface area contributed by atoms with Crippen molar-refractivity contribution in [3.63, 3.8) is 0 Å². The zero-order valence-electron chi connectivity index (χ0n) is 12.2. The van der Waals surface area contributed by atoms with Gasteiger partial charge in [0.2, 0.25) is 10.0 Å². The summed E-state index contributed by atoms with van der Waals surface area (Å²) in [6.07, 6.45) is 0.585. The molecule has 0 saturated heterocycles. The molecule has 118 valence electrons. The van der Waals surface area contributed by atoms with Gasteiger partial charge in [0.15, 0.2) is 0 Å². The first-order chi connectivity index (χ1) is 9.73. The summed E-state index contributed by atoms with van der Waals surface area (Å²) < 4.78 is 31.7. The highest BCUT2D eigenvalue weighted by molar-refractivity contribution is 9.10. The molecule has 1 aromatic rings. The molecule has 8 heteroatoms. The lowest BCUT2D eigenvalue weighted by molar-refractivity contribution is -0.140. The Bertz CT molecular complexity index is 631. The van der Waals surface area contributed by atoms with E-state index in [1.807, 2.05) is 6.92 Å². The van der Waals surface area contributed by atoms with E-state index in [0.29, 0.717) is 22.1 Å². The molecule has 2 N–H and O–H groups in total. The number of carbonyl (C=O) groups excluding carboxylic acids is 1. The van der Waals surface area contributed by atoms with E-state index in [4.69, 9.17) is 5.73 Å². The van der Waals surface area contributed by atoms with Gasteiger partial charge in [-0.25, -0.2) is 8.42 Å². The van der Waals surface area contributed by atoms with Crippen molar-refractivity contribution in [2.75, 3.05) is 25.9 Å². The molecule has 0 bridgehead atoms. The second-order valence-corrected chi connectivity index (χ2v) is 7.31. The fourth-order valence-corrected chi connectivity index (χ4v) is 4.00. The van der Waals surface area contributed by atoms with Gasteiger partial charge in [0.05, 0.1) is 12.0 Å². The van der Waals surface area contributed by atoms with Gasteiger partial charge in [-0.2, -0.15) is 4.31 Å². The van der Waals surface area contributed by atoms with Gasteiger partial charge in [-0.15, -0.1) is 0 Å². The van der Waals surface area contributed by atoms with E-state index >= 15 is 0 Å². The molecule has 0 aliphatic heterocycles. The Morgan fingerprint density at radius 1 is 1.43 bits per heavy atom. The Morgan fingerprint density at radius 3 is 2.57 bits per heavy atom. The number of ether oxygens (including phenoxy) is 1. The number of nitrogen functional groups attached to an aromatic ring is 1. The minimum absolute atomic E-state index is 0.0977. The van der Waals surface area contributed by atoms with E-state index in [2.05, 4.69) is 20.7 Å². The second kappa shape index (κ2) is 7.24. The summed E-state index contributed by atoms with van der Waals surface area (Å²) in [5.41, 5.74) is 6.65. The number of rotatable bonds is 6. The molecule has 0 aliphatic rings. The summed E-state index contributed by atoms with van der Waals surface area (Å²) in [6.45, 7) is 3.43. The van der Waals surface area contributed by atoms with Crippen LogP contribution in [0.1, 0.15) is 18.9 Å². The average molecular weight is 379 g/mol. The second-order valence-electron chi connectivity index (χ2n) is 4.55. The Hall–Kier alpha value is -1.12. The molecule has 0 spiro atoms. The maximum Gasteiger partial charge on any atom is 0.321 e. The highest BCUT2D eigenvalue weighted by Crippen LogP contribution is 2.28. The van der Waals surface area contributed by atoms with E-state index in [9.17, 15) is 13.2 Å². The maximum atomic E-state index is 12.7. The summed E-state index contributed by atoms with van der Waals surface area (Å²) >= 11 is 3.26. The number of hydrogen-bond donors (Lipinski definition) is 1. The number of esters is 1. The summed E-state index contributed by atoms with van der Waals surface area (Å²) in [5, 5.41) is 0. The summed E-state index contributed by atoms with van der Waals surface area (Å²) in [5.74, 6) is -0.602. The van der Waals surface area contributed by atoms with E-state index in [0.717, 1.165) is 4.31 Å². The lowest BCUT2D eigenvalue weighted by Gasteiger charge is -2.22. The van der Waals surface area contributed by atoms with Crippen molar-refractivity contribution < 1.29 is 17.9 Å². The number of sulfonamides is 1. The van der Waals surface area contributed by atoms with E-state index in [1.165, 1.54) is 13.2 Å².